The summed E-state index contributed by atoms with van der Waals surface area (Å²) < 4.78 is 1.61. The average molecular weight is 237 g/mol. The zero-order chi connectivity index (χ0) is 11.3. The number of aromatic nitrogens is 4. The molecule has 3 rings (SSSR count). The maximum Gasteiger partial charge on any atom is 0.227 e. The van der Waals surface area contributed by atoms with E-state index in [4.69, 9.17) is 11.6 Å². The number of nitrogens with zero attached hydrogens (tertiary/aromatic N) is 4. The second-order valence-corrected chi connectivity index (χ2v) is 4.95. The summed E-state index contributed by atoms with van der Waals surface area (Å²) in [5, 5.41) is 4.64. The van der Waals surface area contributed by atoms with Crippen LogP contribution in [0.2, 0.25) is 5.28 Å². The van der Waals surface area contributed by atoms with Crippen molar-refractivity contribution < 1.29 is 0 Å². The Kier molecular flexibility index (Phi) is 2.14. The zero-order valence-corrected chi connectivity index (χ0v) is 10.1. The molecule has 1 fully saturated rings. The maximum atomic E-state index is 6.10. The Labute approximate surface area is 98.7 Å². The summed E-state index contributed by atoms with van der Waals surface area (Å²) in [5.41, 5.74) is 1.99. The molecule has 2 aromatic heterocycles. The van der Waals surface area contributed by atoms with Crippen LogP contribution >= 0.6 is 11.6 Å². The minimum atomic E-state index is 0.399. The molecule has 0 atom stereocenters. The van der Waals surface area contributed by atoms with Crippen molar-refractivity contribution in [1.29, 1.82) is 0 Å². The van der Waals surface area contributed by atoms with Gasteiger partial charge >= 0.3 is 0 Å². The first-order valence-corrected chi connectivity index (χ1v) is 5.95. The van der Waals surface area contributed by atoms with Crippen molar-refractivity contribution in [2.24, 2.45) is 0 Å². The van der Waals surface area contributed by atoms with E-state index in [2.05, 4.69) is 28.9 Å². The van der Waals surface area contributed by atoms with Crippen molar-refractivity contribution in [3.63, 3.8) is 0 Å². The molecule has 0 N–H and O–H groups in total. The number of hydrogen-bond acceptors (Lipinski definition) is 3. The Bertz CT molecular complexity index is 542. The van der Waals surface area contributed by atoms with Crippen molar-refractivity contribution in [3.8, 4) is 0 Å². The van der Waals surface area contributed by atoms with Gasteiger partial charge in [0.05, 0.1) is 6.20 Å². The molecule has 0 bridgehead atoms. The summed E-state index contributed by atoms with van der Waals surface area (Å²) in [7, 11) is 0. The molecule has 4 nitrogen and oxygen atoms in total. The molecule has 0 saturated heterocycles. The summed E-state index contributed by atoms with van der Waals surface area (Å²) in [4.78, 5) is 8.87. The van der Waals surface area contributed by atoms with Crippen LogP contribution in [-0.4, -0.2) is 19.6 Å². The second-order valence-electron chi connectivity index (χ2n) is 4.62. The number of halogens is 1. The van der Waals surface area contributed by atoms with Crippen LogP contribution in [0.3, 0.4) is 0 Å². The molecule has 0 spiro atoms. The molecule has 0 unspecified atom stereocenters. The van der Waals surface area contributed by atoms with E-state index in [9.17, 15) is 0 Å². The van der Waals surface area contributed by atoms with Crippen LogP contribution in [-0.2, 0) is 0 Å². The van der Waals surface area contributed by atoms with Crippen LogP contribution in [0, 0.1) is 0 Å². The van der Waals surface area contributed by atoms with Gasteiger partial charge in [0.1, 0.15) is 5.82 Å². The van der Waals surface area contributed by atoms with Gasteiger partial charge in [-0.15, -0.1) is 0 Å². The molecule has 5 heteroatoms. The number of fused-ring (bicyclic) bond motifs is 1. The van der Waals surface area contributed by atoms with Crippen molar-refractivity contribution in [3.05, 3.63) is 22.9 Å². The van der Waals surface area contributed by atoms with Gasteiger partial charge in [-0.2, -0.15) is 9.61 Å². The summed E-state index contributed by atoms with van der Waals surface area (Å²) >= 11 is 6.10. The van der Waals surface area contributed by atoms with Gasteiger partial charge in [-0.05, 0) is 30.4 Å². The predicted molar refractivity (Wildman–Crippen MR) is 61.9 cm³/mol. The minimum absolute atomic E-state index is 0.399. The number of hydrogen-bond donors (Lipinski definition) is 0. The zero-order valence-electron chi connectivity index (χ0n) is 9.31. The smallest absolute Gasteiger partial charge is 0.213 e. The molecule has 1 aliphatic rings. The first-order valence-electron chi connectivity index (χ1n) is 5.58. The van der Waals surface area contributed by atoms with Crippen LogP contribution < -0.4 is 0 Å². The van der Waals surface area contributed by atoms with Crippen LogP contribution in [0.15, 0.2) is 6.20 Å². The first-order chi connectivity index (χ1) is 7.66. The van der Waals surface area contributed by atoms with Crippen LogP contribution in [0.5, 0.6) is 0 Å². The van der Waals surface area contributed by atoms with Crippen molar-refractivity contribution in [2.75, 3.05) is 0 Å². The van der Waals surface area contributed by atoms with Gasteiger partial charge in [0.15, 0.2) is 5.65 Å². The molecule has 2 aromatic rings. The highest BCUT2D eigenvalue weighted by molar-refractivity contribution is 6.28. The van der Waals surface area contributed by atoms with Crippen LogP contribution in [0.1, 0.15) is 49.9 Å². The molecule has 84 valence electrons. The third-order valence-corrected chi connectivity index (χ3v) is 3.18. The SMILES string of the molecule is CC(C)c1cnn2c(Cl)nc(C3CC3)nc12. The lowest BCUT2D eigenvalue weighted by Crippen LogP contribution is -2.02. The van der Waals surface area contributed by atoms with Crippen LogP contribution in [0.4, 0.5) is 0 Å². The Morgan fingerprint density at radius 1 is 1.38 bits per heavy atom. The predicted octanol–water partition coefficient (Wildman–Crippen LogP) is 2.78. The Morgan fingerprint density at radius 2 is 2.12 bits per heavy atom. The van der Waals surface area contributed by atoms with Gasteiger partial charge in [-0.1, -0.05) is 13.8 Å². The Balaban J connectivity index is 2.24. The van der Waals surface area contributed by atoms with Crippen molar-refractivity contribution >= 4 is 17.2 Å². The molecular formula is C11H13ClN4. The van der Waals surface area contributed by atoms with E-state index < -0.39 is 0 Å². The van der Waals surface area contributed by atoms with Gasteiger partial charge in [-0.25, -0.2) is 9.97 Å². The lowest BCUT2D eigenvalue weighted by atomic mass is 10.1. The topological polar surface area (TPSA) is 43.1 Å². The quantitative estimate of drug-likeness (QED) is 0.805. The molecular weight excluding hydrogens is 224 g/mol. The standard InChI is InChI=1S/C11H13ClN4/c1-6(2)8-5-13-16-10(8)14-9(7-3-4-7)15-11(16)12/h5-7H,3-4H2,1-2H3. The summed E-state index contributed by atoms with van der Waals surface area (Å²) in [6, 6.07) is 0. The molecule has 1 aliphatic carbocycles. The lowest BCUT2D eigenvalue weighted by Gasteiger charge is -2.04. The van der Waals surface area contributed by atoms with Gasteiger partial charge in [0, 0.05) is 11.5 Å². The van der Waals surface area contributed by atoms with Gasteiger partial charge in [0.25, 0.3) is 0 Å². The number of rotatable bonds is 2. The van der Waals surface area contributed by atoms with E-state index in [1.165, 1.54) is 12.8 Å². The Morgan fingerprint density at radius 3 is 2.75 bits per heavy atom. The molecule has 16 heavy (non-hydrogen) atoms. The van der Waals surface area contributed by atoms with Crippen molar-refractivity contribution in [2.45, 2.75) is 38.5 Å². The highest BCUT2D eigenvalue weighted by Crippen LogP contribution is 2.38. The normalized spacial score (nSPS) is 16.2. The van der Waals surface area contributed by atoms with E-state index in [1.54, 1.807) is 4.52 Å². The molecule has 1 saturated carbocycles. The summed E-state index contributed by atoms with van der Waals surface area (Å²) in [6.45, 7) is 4.26. The lowest BCUT2D eigenvalue weighted by molar-refractivity contribution is 0.828. The summed E-state index contributed by atoms with van der Waals surface area (Å²) in [5.74, 6) is 1.79. The minimum Gasteiger partial charge on any atom is -0.213 e. The molecule has 2 heterocycles. The van der Waals surface area contributed by atoms with E-state index in [0.717, 1.165) is 17.0 Å². The first kappa shape index (κ1) is 10.0. The van der Waals surface area contributed by atoms with E-state index in [1.807, 2.05) is 6.20 Å². The second kappa shape index (κ2) is 3.42. The highest BCUT2D eigenvalue weighted by Gasteiger charge is 2.28. The van der Waals surface area contributed by atoms with Crippen molar-refractivity contribution in [1.82, 2.24) is 19.6 Å². The van der Waals surface area contributed by atoms with E-state index >= 15 is 0 Å². The average Bonchev–Trinajstić information content (AvgIpc) is 2.98. The van der Waals surface area contributed by atoms with Crippen LogP contribution in [0.25, 0.3) is 5.65 Å². The largest absolute Gasteiger partial charge is 0.227 e. The molecule has 0 aromatic carbocycles. The van der Waals surface area contributed by atoms with Gasteiger partial charge in [0.2, 0.25) is 5.28 Å². The fourth-order valence-electron chi connectivity index (χ4n) is 1.81. The summed E-state index contributed by atoms with van der Waals surface area (Å²) in [6.07, 6.45) is 4.19. The highest BCUT2D eigenvalue weighted by atomic mass is 35.5. The molecule has 0 radical (unpaired) electrons. The van der Waals surface area contributed by atoms with E-state index in [0.29, 0.717) is 17.1 Å². The monoisotopic (exact) mass is 236 g/mol. The fourth-order valence-corrected chi connectivity index (χ4v) is 2.02. The fraction of sp³-hybridized carbons (Fsp3) is 0.545. The Hall–Kier alpha value is -1.16. The van der Waals surface area contributed by atoms with Gasteiger partial charge in [-0.3, -0.25) is 0 Å². The maximum absolute atomic E-state index is 6.10. The molecule has 0 aliphatic heterocycles. The third kappa shape index (κ3) is 1.48. The molecule has 0 amide bonds. The van der Waals surface area contributed by atoms with E-state index in [-0.39, 0.29) is 0 Å². The third-order valence-electron chi connectivity index (χ3n) is 2.94. The van der Waals surface area contributed by atoms with Gasteiger partial charge < -0.3 is 0 Å².